The fourth-order valence-electron chi connectivity index (χ4n) is 1.86. The van der Waals surface area contributed by atoms with Crippen LogP contribution in [0.4, 0.5) is 5.69 Å². The zero-order valence-corrected chi connectivity index (χ0v) is 12.4. The van der Waals surface area contributed by atoms with E-state index >= 15 is 0 Å². The van der Waals surface area contributed by atoms with Gasteiger partial charge in [0, 0.05) is 13.0 Å². The second-order valence-electron chi connectivity index (χ2n) is 4.10. The van der Waals surface area contributed by atoms with Crippen molar-refractivity contribution >= 4 is 37.5 Å². The summed E-state index contributed by atoms with van der Waals surface area (Å²) in [5.41, 5.74) is 0.504. The molecule has 0 aliphatic carbocycles. The minimum atomic E-state index is -3.72. The number of primary sulfonamides is 1. The molecule has 1 aliphatic heterocycles. The highest BCUT2D eigenvalue weighted by atomic mass is 79.9. The number of aromatic nitrogens is 1. The van der Waals surface area contributed by atoms with Gasteiger partial charge >= 0.3 is 0 Å². The van der Waals surface area contributed by atoms with Gasteiger partial charge in [0.15, 0.2) is 0 Å². The summed E-state index contributed by atoms with van der Waals surface area (Å²) in [4.78, 5) is 17.2. The summed E-state index contributed by atoms with van der Waals surface area (Å²) in [5.74, 6) is 0.0938. The number of pyridine rings is 1. The van der Waals surface area contributed by atoms with Gasteiger partial charge in [-0.05, 0) is 22.0 Å². The van der Waals surface area contributed by atoms with Crippen molar-refractivity contribution in [2.24, 2.45) is 5.14 Å². The summed E-state index contributed by atoms with van der Waals surface area (Å²) in [7, 11) is -2.24. The molecule has 0 radical (unpaired) electrons. The molecule has 2 N–H and O–H groups in total. The number of methoxy groups -OCH3 is 1. The maximum Gasteiger partial charge on any atom is 0.228 e. The van der Waals surface area contributed by atoms with Crippen molar-refractivity contribution in [3.63, 3.8) is 0 Å². The molecule has 1 fully saturated rings. The number of anilines is 1. The first-order valence-electron chi connectivity index (χ1n) is 5.34. The third-order valence-electron chi connectivity index (χ3n) is 2.85. The van der Waals surface area contributed by atoms with Crippen molar-refractivity contribution in [2.45, 2.75) is 11.7 Å². The van der Waals surface area contributed by atoms with Crippen molar-refractivity contribution < 1.29 is 17.9 Å². The highest BCUT2D eigenvalue weighted by molar-refractivity contribution is 9.10. The van der Waals surface area contributed by atoms with Crippen molar-refractivity contribution in [3.05, 3.63) is 16.7 Å². The van der Waals surface area contributed by atoms with Crippen LogP contribution < -0.4 is 14.8 Å². The van der Waals surface area contributed by atoms with Crippen LogP contribution in [0.2, 0.25) is 0 Å². The van der Waals surface area contributed by atoms with Crippen LogP contribution in [0.15, 0.2) is 16.7 Å². The van der Waals surface area contributed by atoms with Crippen LogP contribution >= 0.6 is 15.9 Å². The van der Waals surface area contributed by atoms with Crippen LogP contribution in [-0.2, 0) is 14.8 Å². The minimum Gasteiger partial charge on any atom is -0.480 e. The Balaban J connectivity index is 2.28. The Hall–Kier alpha value is -1.19. The van der Waals surface area contributed by atoms with Crippen molar-refractivity contribution in [1.82, 2.24) is 4.98 Å². The standard InChI is InChI=1S/C10H12BrN3O4S/c1-18-10-8(11)2-6(4-13-10)14-5-7(3-9(14)15)19(12,16)17/h2,4,7H,3,5H2,1H3,(H2,12,16,17). The van der Waals surface area contributed by atoms with Gasteiger partial charge < -0.3 is 9.64 Å². The van der Waals surface area contributed by atoms with Crippen molar-refractivity contribution in [2.75, 3.05) is 18.6 Å². The topological polar surface area (TPSA) is 103 Å². The molecule has 1 unspecified atom stereocenters. The van der Waals surface area contributed by atoms with E-state index in [9.17, 15) is 13.2 Å². The first kappa shape index (κ1) is 14.2. The predicted molar refractivity (Wildman–Crippen MR) is 72.4 cm³/mol. The Bertz CT molecular complexity index is 619. The lowest BCUT2D eigenvalue weighted by atomic mass is 10.4. The van der Waals surface area contributed by atoms with Crippen LogP contribution in [0.25, 0.3) is 0 Å². The molecule has 0 saturated carbocycles. The van der Waals surface area contributed by atoms with E-state index < -0.39 is 15.3 Å². The van der Waals surface area contributed by atoms with Crippen LogP contribution in [0.3, 0.4) is 0 Å². The van der Waals surface area contributed by atoms with Crippen molar-refractivity contribution in [1.29, 1.82) is 0 Å². The van der Waals surface area contributed by atoms with Gasteiger partial charge in [0.05, 0.1) is 23.5 Å². The number of carbonyl (C=O) groups excluding carboxylic acids is 1. The second-order valence-corrected chi connectivity index (χ2v) is 6.80. The molecule has 7 nitrogen and oxygen atoms in total. The Labute approximate surface area is 118 Å². The van der Waals surface area contributed by atoms with E-state index in [-0.39, 0.29) is 18.9 Å². The van der Waals surface area contributed by atoms with Gasteiger partial charge in [-0.15, -0.1) is 0 Å². The molecule has 1 aromatic rings. The molecule has 1 saturated heterocycles. The molecular formula is C10H12BrN3O4S. The monoisotopic (exact) mass is 349 g/mol. The third kappa shape index (κ3) is 2.88. The summed E-state index contributed by atoms with van der Waals surface area (Å²) < 4.78 is 28.1. The molecule has 1 amide bonds. The van der Waals surface area contributed by atoms with E-state index in [0.717, 1.165) is 0 Å². The smallest absolute Gasteiger partial charge is 0.228 e. The lowest BCUT2D eigenvalue weighted by molar-refractivity contribution is -0.117. The van der Waals surface area contributed by atoms with Crippen molar-refractivity contribution in [3.8, 4) is 5.88 Å². The molecule has 0 spiro atoms. The lowest BCUT2D eigenvalue weighted by Crippen LogP contribution is -2.32. The maximum absolute atomic E-state index is 11.8. The molecule has 9 heteroatoms. The maximum atomic E-state index is 11.8. The number of hydrogen-bond acceptors (Lipinski definition) is 5. The molecule has 0 aromatic carbocycles. The minimum absolute atomic E-state index is 0.0398. The molecule has 104 valence electrons. The first-order valence-corrected chi connectivity index (χ1v) is 7.74. The number of halogens is 1. The Morgan fingerprint density at radius 2 is 2.26 bits per heavy atom. The fourth-order valence-corrected chi connectivity index (χ4v) is 3.09. The quantitative estimate of drug-likeness (QED) is 0.842. The highest BCUT2D eigenvalue weighted by Crippen LogP contribution is 2.30. The molecule has 1 aliphatic rings. The van der Waals surface area contributed by atoms with Gasteiger partial charge in [0.1, 0.15) is 5.25 Å². The van der Waals surface area contributed by atoms with Gasteiger partial charge in [-0.25, -0.2) is 18.5 Å². The number of rotatable bonds is 3. The van der Waals surface area contributed by atoms with Gasteiger partial charge in [-0.3, -0.25) is 4.79 Å². The number of amides is 1. The molecule has 0 bridgehead atoms. The summed E-state index contributed by atoms with van der Waals surface area (Å²) in [6.45, 7) is 0.0398. The summed E-state index contributed by atoms with van der Waals surface area (Å²) in [5, 5.41) is 4.19. The molecule has 2 rings (SSSR count). The third-order valence-corrected chi connectivity index (χ3v) is 4.67. The van der Waals surface area contributed by atoms with Gasteiger partial charge in [-0.1, -0.05) is 0 Å². The van der Waals surface area contributed by atoms with E-state index in [1.54, 1.807) is 6.07 Å². The van der Waals surface area contributed by atoms with E-state index in [1.807, 2.05) is 0 Å². The van der Waals surface area contributed by atoms with Crippen LogP contribution in [0, 0.1) is 0 Å². The Morgan fingerprint density at radius 3 is 2.74 bits per heavy atom. The van der Waals surface area contributed by atoms with Crippen LogP contribution in [0.5, 0.6) is 5.88 Å². The average Bonchev–Trinajstić information content (AvgIpc) is 2.71. The van der Waals surface area contributed by atoms with Gasteiger partial charge in [-0.2, -0.15) is 0 Å². The molecule has 1 atom stereocenters. The van der Waals surface area contributed by atoms with E-state index in [2.05, 4.69) is 20.9 Å². The normalized spacial score (nSPS) is 19.8. The van der Waals surface area contributed by atoms with E-state index in [1.165, 1.54) is 18.2 Å². The zero-order chi connectivity index (χ0) is 14.2. The lowest BCUT2D eigenvalue weighted by Gasteiger charge is -2.16. The number of nitrogens with two attached hydrogens (primary N) is 1. The van der Waals surface area contributed by atoms with Crippen LogP contribution in [0.1, 0.15) is 6.42 Å². The summed E-state index contributed by atoms with van der Waals surface area (Å²) >= 11 is 3.26. The van der Waals surface area contributed by atoms with E-state index in [4.69, 9.17) is 9.88 Å². The van der Waals surface area contributed by atoms with Gasteiger partial charge in [0.25, 0.3) is 0 Å². The fraction of sp³-hybridized carbons (Fsp3) is 0.400. The highest BCUT2D eigenvalue weighted by Gasteiger charge is 2.37. The molecule has 19 heavy (non-hydrogen) atoms. The Kier molecular flexibility index (Phi) is 3.79. The number of nitrogens with zero attached hydrogens (tertiary/aromatic N) is 2. The Morgan fingerprint density at radius 1 is 1.58 bits per heavy atom. The molecule has 2 heterocycles. The number of hydrogen-bond donors (Lipinski definition) is 1. The summed E-state index contributed by atoms with van der Waals surface area (Å²) in [6, 6.07) is 1.65. The largest absolute Gasteiger partial charge is 0.480 e. The van der Waals surface area contributed by atoms with Gasteiger partial charge in [0.2, 0.25) is 21.8 Å². The second kappa shape index (κ2) is 5.06. The average molecular weight is 350 g/mol. The summed E-state index contributed by atoms with van der Waals surface area (Å²) in [6.07, 6.45) is 1.34. The van der Waals surface area contributed by atoms with E-state index in [0.29, 0.717) is 16.0 Å². The molecular weight excluding hydrogens is 338 g/mol. The first-order chi connectivity index (χ1) is 8.82. The number of ether oxygens (including phenoxy) is 1. The van der Waals surface area contributed by atoms with Crippen LogP contribution in [-0.4, -0.2) is 38.2 Å². The number of sulfonamides is 1. The zero-order valence-electron chi connectivity index (χ0n) is 10.0. The predicted octanol–water partition coefficient (Wildman–Crippen LogP) is 0.247. The number of carbonyl (C=O) groups is 1. The SMILES string of the molecule is COc1ncc(N2CC(S(N)(=O)=O)CC2=O)cc1Br. The molecule has 1 aromatic heterocycles.